The fraction of sp³-hybridized carbons (Fsp3) is 0.471. The monoisotopic (exact) mass is 365 g/mol. The zero-order valence-corrected chi connectivity index (χ0v) is 15.3. The summed E-state index contributed by atoms with van der Waals surface area (Å²) in [6, 6.07) is 3.16. The number of halogens is 2. The standard InChI is InChI=1S/C17H21ClFN5O/c1-11-8-15(21-23(11)3)17(25)22(2)13-4-6-24(7-5-13)16-14(19)9-12(18)10-20-16/h8-10,13H,4-7H2,1-3H3. The second kappa shape index (κ2) is 7.00. The summed E-state index contributed by atoms with van der Waals surface area (Å²) >= 11 is 5.75. The molecule has 1 saturated heterocycles. The minimum Gasteiger partial charge on any atom is -0.354 e. The minimum atomic E-state index is -0.417. The highest BCUT2D eigenvalue weighted by Crippen LogP contribution is 2.25. The van der Waals surface area contributed by atoms with Crippen molar-refractivity contribution in [2.45, 2.75) is 25.8 Å². The first-order valence-electron chi connectivity index (χ1n) is 8.20. The van der Waals surface area contributed by atoms with Crippen molar-refractivity contribution in [1.82, 2.24) is 19.7 Å². The fourth-order valence-electron chi connectivity index (χ4n) is 3.12. The Kier molecular flexibility index (Phi) is 4.94. The summed E-state index contributed by atoms with van der Waals surface area (Å²) in [5, 5.41) is 4.54. The summed E-state index contributed by atoms with van der Waals surface area (Å²) in [6.07, 6.45) is 2.95. The van der Waals surface area contributed by atoms with Gasteiger partial charge in [0.1, 0.15) is 0 Å². The molecule has 25 heavy (non-hydrogen) atoms. The third-order valence-corrected chi connectivity index (χ3v) is 4.96. The molecule has 2 aromatic heterocycles. The number of hydrogen-bond acceptors (Lipinski definition) is 4. The average Bonchev–Trinajstić information content (AvgIpc) is 2.93. The molecule has 6 nitrogen and oxygen atoms in total. The average molecular weight is 366 g/mol. The van der Waals surface area contributed by atoms with Crippen LogP contribution in [0.4, 0.5) is 10.2 Å². The van der Waals surface area contributed by atoms with E-state index in [9.17, 15) is 9.18 Å². The zero-order chi connectivity index (χ0) is 18.1. The lowest BCUT2D eigenvalue weighted by molar-refractivity contribution is 0.0702. The molecule has 1 amide bonds. The topological polar surface area (TPSA) is 54.3 Å². The molecule has 0 spiro atoms. The molecule has 0 radical (unpaired) electrons. The summed E-state index contributed by atoms with van der Waals surface area (Å²) in [4.78, 5) is 20.3. The van der Waals surface area contributed by atoms with Crippen molar-refractivity contribution in [1.29, 1.82) is 0 Å². The predicted octanol–water partition coefficient (Wildman–Crippen LogP) is 2.66. The molecule has 0 unspecified atom stereocenters. The summed E-state index contributed by atoms with van der Waals surface area (Å²) < 4.78 is 15.7. The highest BCUT2D eigenvalue weighted by Gasteiger charge is 2.28. The van der Waals surface area contributed by atoms with E-state index in [1.54, 1.807) is 22.7 Å². The summed E-state index contributed by atoms with van der Waals surface area (Å²) in [5.74, 6) is -0.186. The van der Waals surface area contributed by atoms with Crippen LogP contribution >= 0.6 is 11.6 Å². The molecule has 0 aromatic carbocycles. The van der Waals surface area contributed by atoms with Gasteiger partial charge in [-0.15, -0.1) is 0 Å². The molecule has 0 bridgehead atoms. The largest absolute Gasteiger partial charge is 0.354 e. The van der Waals surface area contributed by atoms with E-state index in [2.05, 4.69) is 10.1 Å². The van der Waals surface area contributed by atoms with E-state index in [1.165, 1.54) is 12.3 Å². The normalized spacial score (nSPS) is 15.5. The maximum atomic E-state index is 14.0. The number of aryl methyl sites for hydroxylation is 2. The lowest BCUT2D eigenvalue weighted by Crippen LogP contribution is -2.46. The van der Waals surface area contributed by atoms with Gasteiger partial charge >= 0.3 is 0 Å². The van der Waals surface area contributed by atoms with E-state index in [4.69, 9.17) is 11.6 Å². The van der Waals surface area contributed by atoms with Crippen molar-refractivity contribution >= 4 is 23.3 Å². The first kappa shape index (κ1) is 17.7. The maximum Gasteiger partial charge on any atom is 0.274 e. The van der Waals surface area contributed by atoms with Crippen LogP contribution in [0.5, 0.6) is 0 Å². The van der Waals surface area contributed by atoms with E-state index in [-0.39, 0.29) is 17.0 Å². The number of rotatable bonds is 3. The summed E-state index contributed by atoms with van der Waals surface area (Å²) in [5.41, 5.74) is 1.39. The van der Waals surface area contributed by atoms with Crippen LogP contribution in [0.3, 0.4) is 0 Å². The van der Waals surface area contributed by atoms with Crippen LogP contribution in [0.2, 0.25) is 5.02 Å². The Hall–Kier alpha value is -2.15. The quantitative estimate of drug-likeness (QED) is 0.839. The molecule has 0 saturated carbocycles. The number of anilines is 1. The number of hydrogen-bond donors (Lipinski definition) is 0. The highest BCUT2D eigenvalue weighted by molar-refractivity contribution is 6.30. The van der Waals surface area contributed by atoms with E-state index in [0.717, 1.165) is 18.5 Å². The van der Waals surface area contributed by atoms with Gasteiger partial charge in [-0.1, -0.05) is 11.6 Å². The van der Waals surface area contributed by atoms with E-state index in [1.807, 2.05) is 18.9 Å². The van der Waals surface area contributed by atoms with Crippen LogP contribution in [0.15, 0.2) is 18.3 Å². The molecular weight excluding hydrogens is 345 g/mol. The molecule has 0 N–H and O–H groups in total. The Morgan fingerprint density at radius 1 is 1.36 bits per heavy atom. The Balaban J connectivity index is 1.64. The molecule has 1 aliphatic heterocycles. The third kappa shape index (κ3) is 3.61. The van der Waals surface area contributed by atoms with Gasteiger partial charge in [0.15, 0.2) is 17.3 Å². The van der Waals surface area contributed by atoms with Crippen LogP contribution in [0.25, 0.3) is 0 Å². The Labute approximate surface area is 151 Å². The van der Waals surface area contributed by atoms with Crippen molar-refractivity contribution in [2.75, 3.05) is 25.0 Å². The van der Waals surface area contributed by atoms with Crippen molar-refractivity contribution in [3.05, 3.63) is 40.6 Å². The molecule has 2 aromatic rings. The number of carbonyl (C=O) groups excluding carboxylic acids is 1. The van der Waals surface area contributed by atoms with Crippen molar-refractivity contribution in [3.63, 3.8) is 0 Å². The van der Waals surface area contributed by atoms with Crippen LogP contribution in [-0.2, 0) is 7.05 Å². The van der Waals surface area contributed by atoms with Gasteiger partial charge in [0.25, 0.3) is 5.91 Å². The van der Waals surface area contributed by atoms with E-state index >= 15 is 0 Å². The second-order valence-corrected chi connectivity index (χ2v) is 6.82. The van der Waals surface area contributed by atoms with Crippen LogP contribution in [-0.4, -0.2) is 51.8 Å². The molecule has 0 atom stereocenters. The summed E-state index contributed by atoms with van der Waals surface area (Å²) in [6.45, 7) is 3.18. The van der Waals surface area contributed by atoms with Crippen LogP contribution in [0, 0.1) is 12.7 Å². The smallest absolute Gasteiger partial charge is 0.274 e. The van der Waals surface area contributed by atoms with Gasteiger partial charge in [0.05, 0.1) is 5.02 Å². The Morgan fingerprint density at radius 2 is 2.04 bits per heavy atom. The van der Waals surface area contributed by atoms with Gasteiger partial charge < -0.3 is 9.80 Å². The highest BCUT2D eigenvalue weighted by atomic mass is 35.5. The number of piperidine rings is 1. The fourth-order valence-corrected chi connectivity index (χ4v) is 3.26. The number of carbonyl (C=O) groups is 1. The number of pyridine rings is 1. The molecule has 3 heterocycles. The number of nitrogens with zero attached hydrogens (tertiary/aromatic N) is 5. The van der Waals surface area contributed by atoms with Gasteiger partial charge in [0, 0.05) is 45.1 Å². The first-order chi connectivity index (χ1) is 11.9. The van der Waals surface area contributed by atoms with E-state index < -0.39 is 5.82 Å². The summed E-state index contributed by atoms with van der Waals surface area (Å²) in [7, 11) is 3.62. The second-order valence-electron chi connectivity index (χ2n) is 6.39. The Bertz CT molecular complexity index is 766. The SMILES string of the molecule is Cc1cc(C(=O)N(C)C2CCN(c3ncc(Cl)cc3F)CC2)nn1C. The van der Waals surface area contributed by atoms with Gasteiger partial charge in [-0.25, -0.2) is 9.37 Å². The maximum absolute atomic E-state index is 14.0. The van der Waals surface area contributed by atoms with Gasteiger partial charge in [-0.3, -0.25) is 9.48 Å². The van der Waals surface area contributed by atoms with Crippen LogP contribution in [0.1, 0.15) is 29.0 Å². The molecule has 8 heteroatoms. The number of amides is 1. The lowest BCUT2D eigenvalue weighted by atomic mass is 10.0. The van der Waals surface area contributed by atoms with Gasteiger partial charge in [-0.2, -0.15) is 5.10 Å². The molecule has 3 rings (SSSR count). The third-order valence-electron chi connectivity index (χ3n) is 4.75. The molecule has 134 valence electrons. The predicted molar refractivity (Wildman–Crippen MR) is 94.5 cm³/mol. The van der Waals surface area contributed by atoms with Gasteiger partial charge in [-0.05, 0) is 31.9 Å². The molecular formula is C17H21ClFN5O. The lowest BCUT2D eigenvalue weighted by Gasteiger charge is -2.37. The Morgan fingerprint density at radius 3 is 2.60 bits per heavy atom. The van der Waals surface area contributed by atoms with Crippen LogP contribution < -0.4 is 4.90 Å². The van der Waals surface area contributed by atoms with Crippen molar-refractivity contribution < 1.29 is 9.18 Å². The van der Waals surface area contributed by atoms with Gasteiger partial charge in [0.2, 0.25) is 0 Å². The van der Waals surface area contributed by atoms with Crippen molar-refractivity contribution in [3.8, 4) is 0 Å². The first-order valence-corrected chi connectivity index (χ1v) is 8.58. The molecule has 1 fully saturated rings. The van der Waals surface area contributed by atoms with Crippen molar-refractivity contribution in [2.24, 2.45) is 7.05 Å². The van der Waals surface area contributed by atoms with E-state index in [0.29, 0.717) is 24.6 Å². The molecule has 0 aliphatic carbocycles. The minimum absolute atomic E-state index is 0.0852. The zero-order valence-electron chi connectivity index (χ0n) is 14.5. The molecule has 1 aliphatic rings. The number of aromatic nitrogens is 3.